The van der Waals surface area contributed by atoms with E-state index in [1.165, 1.54) is 5.56 Å². The second-order valence-corrected chi connectivity index (χ2v) is 5.99. The van der Waals surface area contributed by atoms with E-state index in [4.69, 9.17) is 5.73 Å². The molecule has 3 aromatic rings. The molecule has 0 bridgehead atoms. The number of hydrogen-bond acceptors (Lipinski definition) is 3. The summed E-state index contributed by atoms with van der Waals surface area (Å²) in [4.78, 5) is 4.37. The lowest BCUT2D eigenvalue weighted by Crippen LogP contribution is -2.10. The molecule has 0 amide bonds. The van der Waals surface area contributed by atoms with Crippen LogP contribution in [0.25, 0.3) is 16.8 Å². The Morgan fingerprint density at radius 2 is 1.75 bits per heavy atom. The average molecular weight is 266 g/mol. The van der Waals surface area contributed by atoms with Crippen molar-refractivity contribution >= 4 is 11.5 Å². The largest absolute Gasteiger partial charge is 0.383 e. The van der Waals surface area contributed by atoms with Gasteiger partial charge in [-0.1, -0.05) is 45.0 Å². The first-order valence-electron chi connectivity index (χ1n) is 6.66. The molecule has 102 valence electrons. The Morgan fingerprint density at radius 3 is 2.40 bits per heavy atom. The molecule has 0 aliphatic carbocycles. The Hall–Kier alpha value is -2.36. The van der Waals surface area contributed by atoms with Crippen LogP contribution in [0.5, 0.6) is 0 Å². The number of anilines is 1. The first-order valence-corrected chi connectivity index (χ1v) is 6.66. The second kappa shape index (κ2) is 4.34. The lowest BCUT2D eigenvalue weighted by molar-refractivity contribution is 0.590. The molecule has 4 nitrogen and oxygen atoms in total. The Labute approximate surface area is 118 Å². The molecule has 0 fully saturated rings. The maximum absolute atomic E-state index is 6.18. The van der Waals surface area contributed by atoms with Gasteiger partial charge in [-0.3, -0.25) is 0 Å². The van der Waals surface area contributed by atoms with Crippen molar-refractivity contribution in [2.75, 3.05) is 5.73 Å². The van der Waals surface area contributed by atoms with Gasteiger partial charge >= 0.3 is 0 Å². The summed E-state index contributed by atoms with van der Waals surface area (Å²) in [5.41, 5.74) is 10.3. The van der Waals surface area contributed by atoms with Crippen molar-refractivity contribution in [3.05, 3.63) is 48.3 Å². The summed E-state index contributed by atoms with van der Waals surface area (Å²) in [6.07, 6.45) is 3.50. The number of rotatable bonds is 1. The van der Waals surface area contributed by atoms with Crippen molar-refractivity contribution in [3.8, 4) is 11.1 Å². The molecule has 20 heavy (non-hydrogen) atoms. The van der Waals surface area contributed by atoms with Crippen molar-refractivity contribution < 1.29 is 0 Å². The van der Waals surface area contributed by atoms with Gasteiger partial charge in [-0.25, -0.2) is 4.98 Å². The van der Waals surface area contributed by atoms with Crippen LogP contribution in [0.2, 0.25) is 0 Å². The van der Waals surface area contributed by atoms with Crippen LogP contribution in [0, 0.1) is 0 Å². The second-order valence-electron chi connectivity index (χ2n) is 5.99. The zero-order valence-corrected chi connectivity index (χ0v) is 12.0. The molecule has 0 saturated heterocycles. The van der Waals surface area contributed by atoms with Crippen molar-refractivity contribution in [1.29, 1.82) is 0 Å². The van der Waals surface area contributed by atoms with Crippen LogP contribution < -0.4 is 5.73 Å². The number of nitrogen functional groups attached to an aromatic ring is 1. The van der Waals surface area contributed by atoms with Crippen molar-refractivity contribution in [1.82, 2.24) is 14.6 Å². The predicted octanol–water partition coefficient (Wildman–Crippen LogP) is 3.28. The fourth-order valence-electron chi connectivity index (χ4n) is 2.26. The summed E-state index contributed by atoms with van der Waals surface area (Å²) in [5, 5.41) is 4.19. The van der Waals surface area contributed by atoms with Crippen molar-refractivity contribution in [2.45, 2.75) is 26.2 Å². The molecule has 0 aliphatic rings. The highest BCUT2D eigenvalue weighted by atomic mass is 15.3. The van der Waals surface area contributed by atoms with Gasteiger partial charge in [0.25, 0.3) is 0 Å². The molecule has 0 radical (unpaired) electrons. The molecule has 0 aliphatic heterocycles. The third-order valence-corrected chi connectivity index (χ3v) is 3.51. The SMILES string of the molecule is CC(C)(C)c1ccc(-c2cnc3ccnn3c2N)cc1. The number of fused-ring (bicyclic) bond motifs is 1. The van der Waals surface area contributed by atoms with Crippen LogP contribution in [-0.2, 0) is 5.41 Å². The Balaban J connectivity index is 2.09. The maximum Gasteiger partial charge on any atom is 0.157 e. The van der Waals surface area contributed by atoms with Crippen molar-refractivity contribution in [2.24, 2.45) is 0 Å². The summed E-state index contributed by atoms with van der Waals surface area (Å²) in [6, 6.07) is 10.3. The summed E-state index contributed by atoms with van der Waals surface area (Å²) in [5.74, 6) is 0.614. The number of benzene rings is 1. The van der Waals surface area contributed by atoms with Crippen LogP contribution in [0.3, 0.4) is 0 Å². The van der Waals surface area contributed by atoms with E-state index in [0.717, 1.165) is 16.8 Å². The normalized spacial score (nSPS) is 11.9. The summed E-state index contributed by atoms with van der Waals surface area (Å²) in [7, 11) is 0. The van der Waals surface area contributed by atoms with Crippen LogP contribution in [0.1, 0.15) is 26.3 Å². The highest BCUT2D eigenvalue weighted by Crippen LogP contribution is 2.28. The third kappa shape index (κ3) is 2.03. The smallest absolute Gasteiger partial charge is 0.157 e. The molecule has 2 N–H and O–H groups in total. The Bertz CT molecular complexity index is 748. The average Bonchev–Trinajstić information content (AvgIpc) is 2.88. The molecule has 1 aromatic carbocycles. The third-order valence-electron chi connectivity index (χ3n) is 3.51. The molecular formula is C16H18N4. The number of nitrogens with two attached hydrogens (primary N) is 1. The molecule has 4 heteroatoms. The topological polar surface area (TPSA) is 56.2 Å². The van der Waals surface area contributed by atoms with Gasteiger partial charge in [0.05, 0.1) is 6.20 Å². The van der Waals surface area contributed by atoms with Gasteiger partial charge in [-0.2, -0.15) is 9.61 Å². The van der Waals surface area contributed by atoms with Crippen LogP contribution in [0.15, 0.2) is 42.7 Å². The van der Waals surface area contributed by atoms with E-state index in [0.29, 0.717) is 5.82 Å². The minimum Gasteiger partial charge on any atom is -0.383 e. The maximum atomic E-state index is 6.18. The minimum absolute atomic E-state index is 0.147. The molecular weight excluding hydrogens is 248 g/mol. The quantitative estimate of drug-likeness (QED) is 0.735. The zero-order chi connectivity index (χ0) is 14.3. The van der Waals surface area contributed by atoms with Crippen LogP contribution in [-0.4, -0.2) is 14.6 Å². The molecule has 0 spiro atoms. The summed E-state index contributed by atoms with van der Waals surface area (Å²) >= 11 is 0. The highest BCUT2D eigenvalue weighted by Gasteiger charge is 2.14. The minimum atomic E-state index is 0.147. The van der Waals surface area contributed by atoms with Gasteiger partial charge in [-0.05, 0) is 16.5 Å². The monoisotopic (exact) mass is 266 g/mol. The molecule has 2 aromatic heterocycles. The Kier molecular flexibility index (Phi) is 2.74. The zero-order valence-electron chi connectivity index (χ0n) is 12.0. The van der Waals surface area contributed by atoms with Gasteiger partial charge in [0.2, 0.25) is 0 Å². The predicted molar refractivity (Wildman–Crippen MR) is 81.5 cm³/mol. The van der Waals surface area contributed by atoms with E-state index in [1.54, 1.807) is 16.9 Å². The van der Waals surface area contributed by atoms with Gasteiger partial charge in [0.15, 0.2) is 5.65 Å². The lowest BCUT2D eigenvalue weighted by atomic mass is 9.86. The molecule has 0 saturated carbocycles. The van der Waals surface area contributed by atoms with Gasteiger partial charge in [0, 0.05) is 17.8 Å². The van der Waals surface area contributed by atoms with Gasteiger partial charge in [-0.15, -0.1) is 0 Å². The number of hydrogen-bond donors (Lipinski definition) is 1. The first-order chi connectivity index (χ1) is 9.47. The first kappa shape index (κ1) is 12.7. The number of aromatic nitrogens is 3. The standard InChI is InChI=1S/C16H18N4/c1-16(2,3)12-6-4-11(5-7-12)13-10-18-14-8-9-19-20(14)15(13)17/h4-10H,17H2,1-3H3. The van der Waals surface area contributed by atoms with Gasteiger partial charge < -0.3 is 5.73 Å². The van der Waals surface area contributed by atoms with E-state index in [1.807, 2.05) is 6.07 Å². The Morgan fingerprint density at radius 1 is 1.05 bits per heavy atom. The lowest BCUT2D eigenvalue weighted by Gasteiger charge is -2.19. The molecule has 2 heterocycles. The van der Waals surface area contributed by atoms with E-state index in [2.05, 4.69) is 55.1 Å². The van der Waals surface area contributed by atoms with E-state index < -0.39 is 0 Å². The number of nitrogens with zero attached hydrogens (tertiary/aromatic N) is 3. The summed E-state index contributed by atoms with van der Waals surface area (Å²) < 4.78 is 1.66. The fourth-order valence-corrected chi connectivity index (χ4v) is 2.26. The highest BCUT2D eigenvalue weighted by molar-refractivity contribution is 5.75. The van der Waals surface area contributed by atoms with Crippen LogP contribution in [0.4, 0.5) is 5.82 Å². The summed E-state index contributed by atoms with van der Waals surface area (Å²) in [6.45, 7) is 6.61. The van der Waals surface area contributed by atoms with E-state index >= 15 is 0 Å². The fraction of sp³-hybridized carbons (Fsp3) is 0.250. The molecule has 0 unspecified atom stereocenters. The van der Waals surface area contributed by atoms with Gasteiger partial charge in [0.1, 0.15) is 5.82 Å². The molecule has 0 atom stereocenters. The molecule has 3 rings (SSSR count). The van der Waals surface area contributed by atoms with E-state index in [9.17, 15) is 0 Å². The van der Waals surface area contributed by atoms with E-state index in [-0.39, 0.29) is 5.41 Å². The van der Waals surface area contributed by atoms with Crippen molar-refractivity contribution in [3.63, 3.8) is 0 Å². The van der Waals surface area contributed by atoms with Crippen LogP contribution >= 0.6 is 0 Å².